The Balaban J connectivity index is 2.17. The molecular formula is C14H19NO2. The zero-order chi connectivity index (χ0) is 12.3. The summed E-state index contributed by atoms with van der Waals surface area (Å²) in [5.41, 5.74) is 1.90. The third-order valence-electron chi connectivity index (χ3n) is 3.40. The van der Waals surface area contributed by atoms with Crippen LogP contribution in [0.1, 0.15) is 34.7 Å². The lowest BCUT2D eigenvalue weighted by molar-refractivity contribution is 0.0600. The molecule has 17 heavy (non-hydrogen) atoms. The monoisotopic (exact) mass is 233 g/mol. The van der Waals surface area contributed by atoms with Crippen LogP contribution >= 0.6 is 0 Å². The zero-order valence-electron chi connectivity index (χ0n) is 10.5. The Labute approximate surface area is 102 Å². The number of ether oxygens (including phenoxy) is 1. The molecule has 0 aromatic heterocycles. The van der Waals surface area contributed by atoms with Gasteiger partial charge in [0.2, 0.25) is 0 Å². The zero-order valence-corrected chi connectivity index (χ0v) is 10.5. The molecule has 1 atom stereocenters. The van der Waals surface area contributed by atoms with Gasteiger partial charge in [0.25, 0.3) is 0 Å². The van der Waals surface area contributed by atoms with Crippen molar-refractivity contribution in [2.24, 2.45) is 0 Å². The van der Waals surface area contributed by atoms with E-state index in [1.807, 2.05) is 18.2 Å². The SMILES string of the molecule is COC(=O)c1cccc([C@@H]2CCCN(C)C2)c1. The van der Waals surface area contributed by atoms with Gasteiger partial charge in [0.15, 0.2) is 0 Å². The quantitative estimate of drug-likeness (QED) is 0.734. The largest absolute Gasteiger partial charge is 0.465 e. The van der Waals surface area contributed by atoms with E-state index in [2.05, 4.69) is 18.0 Å². The van der Waals surface area contributed by atoms with Crippen LogP contribution in [0.2, 0.25) is 0 Å². The molecular weight excluding hydrogens is 214 g/mol. The number of nitrogens with zero attached hydrogens (tertiary/aromatic N) is 1. The van der Waals surface area contributed by atoms with Gasteiger partial charge in [-0.25, -0.2) is 4.79 Å². The second-order valence-electron chi connectivity index (χ2n) is 4.72. The van der Waals surface area contributed by atoms with Crippen LogP contribution in [-0.2, 0) is 4.74 Å². The average molecular weight is 233 g/mol. The van der Waals surface area contributed by atoms with Crippen LogP contribution in [0.3, 0.4) is 0 Å². The van der Waals surface area contributed by atoms with Gasteiger partial charge in [-0.1, -0.05) is 12.1 Å². The number of likely N-dealkylation sites (tertiary alicyclic amines) is 1. The third kappa shape index (κ3) is 2.86. The highest BCUT2D eigenvalue weighted by Gasteiger charge is 2.19. The van der Waals surface area contributed by atoms with Gasteiger partial charge in [0, 0.05) is 6.54 Å². The van der Waals surface area contributed by atoms with Crippen molar-refractivity contribution in [2.45, 2.75) is 18.8 Å². The minimum absolute atomic E-state index is 0.254. The van der Waals surface area contributed by atoms with Crippen molar-refractivity contribution in [1.82, 2.24) is 4.90 Å². The number of hydrogen-bond acceptors (Lipinski definition) is 3. The summed E-state index contributed by atoms with van der Waals surface area (Å²) in [4.78, 5) is 13.8. The van der Waals surface area contributed by atoms with E-state index in [0.29, 0.717) is 11.5 Å². The number of methoxy groups -OCH3 is 1. The van der Waals surface area contributed by atoms with E-state index in [9.17, 15) is 4.79 Å². The molecule has 1 aromatic carbocycles. The van der Waals surface area contributed by atoms with Crippen LogP contribution < -0.4 is 0 Å². The molecule has 0 unspecified atom stereocenters. The fourth-order valence-corrected chi connectivity index (χ4v) is 2.48. The summed E-state index contributed by atoms with van der Waals surface area (Å²) in [6.45, 7) is 2.25. The smallest absolute Gasteiger partial charge is 0.337 e. The fourth-order valence-electron chi connectivity index (χ4n) is 2.48. The number of hydrogen-bond donors (Lipinski definition) is 0. The molecule has 0 N–H and O–H groups in total. The van der Waals surface area contributed by atoms with Gasteiger partial charge in [0.05, 0.1) is 12.7 Å². The van der Waals surface area contributed by atoms with Crippen molar-refractivity contribution in [3.8, 4) is 0 Å². The average Bonchev–Trinajstić information content (AvgIpc) is 2.38. The molecule has 2 rings (SSSR count). The standard InChI is InChI=1S/C14H19NO2/c1-15-8-4-7-13(10-15)11-5-3-6-12(9-11)14(16)17-2/h3,5-6,9,13H,4,7-8,10H2,1-2H3/t13-/m1/s1. The molecule has 1 aliphatic rings. The van der Waals surface area contributed by atoms with Gasteiger partial charge in [-0.3, -0.25) is 0 Å². The molecule has 3 heteroatoms. The van der Waals surface area contributed by atoms with Crippen LogP contribution in [0, 0.1) is 0 Å². The van der Waals surface area contributed by atoms with Crippen molar-refractivity contribution in [3.63, 3.8) is 0 Å². The fraction of sp³-hybridized carbons (Fsp3) is 0.500. The molecule has 1 heterocycles. The predicted octanol–water partition coefficient (Wildman–Crippen LogP) is 2.28. The first kappa shape index (κ1) is 12.1. The molecule has 0 spiro atoms. The molecule has 1 aliphatic heterocycles. The van der Waals surface area contributed by atoms with Crippen molar-refractivity contribution < 1.29 is 9.53 Å². The Morgan fingerprint density at radius 2 is 2.29 bits per heavy atom. The molecule has 0 aliphatic carbocycles. The van der Waals surface area contributed by atoms with Gasteiger partial charge in [0.1, 0.15) is 0 Å². The molecule has 0 saturated carbocycles. The molecule has 1 aromatic rings. The highest BCUT2D eigenvalue weighted by molar-refractivity contribution is 5.89. The van der Waals surface area contributed by atoms with Crippen molar-refractivity contribution >= 4 is 5.97 Å². The van der Waals surface area contributed by atoms with Gasteiger partial charge in [-0.15, -0.1) is 0 Å². The maximum absolute atomic E-state index is 11.5. The number of carbonyl (C=O) groups excluding carboxylic acids is 1. The van der Waals surface area contributed by atoms with E-state index in [1.165, 1.54) is 32.1 Å². The summed E-state index contributed by atoms with van der Waals surface area (Å²) >= 11 is 0. The maximum atomic E-state index is 11.5. The Morgan fingerprint density at radius 1 is 1.47 bits per heavy atom. The van der Waals surface area contributed by atoms with Gasteiger partial charge in [-0.05, 0) is 50.0 Å². The Bertz CT molecular complexity index is 403. The summed E-state index contributed by atoms with van der Waals surface area (Å²) in [6, 6.07) is 7.82. The number of benzene rings is 1. The summed E-state index contributed by atoms with van der Waals surface area (Å²) in [7, 11) is 3.57. The van der Waals surface area contributed by atoms with E-state index in [4.69, 9.17) is 4.74 Å². The summed E-state index contributed by atoms with van der Waals surface area (Å²) in [5, 5.41) is 0. The normalized spacial score (nSPS) is 21.2. The van der Waals surface area contributed by atoms with E-state index in [0.717, 1.165) is 6.54 Å². The van der Waals surface area contributed by atoms with Crippen molar-refractivity contribution in [1.29, 1.82) is 0 Å². The molecule has 1 fully saturated rings. The van der Waals surface area contributed by atoms with Gasteiger partial charge >= 0.3 is 5.97 Å². The first-order chi connectivity index (χ1) is 8.20. The third-order valence-corrected chi connectivity index (χ3v) is 3.40. The van der Waals surface area contributed by atoms with E-state index in [1.54, 1.807) is 0 Å². The number of rotatable bonds is 2. The Kier molecular flexibility index (Phi) is 3.79. The Hall–Kier alpha value is -1.35. The summed E-state index contributed by atoms with van der Waals surface area (Å²) in [6.07, 6.45) is 2.43. The van der Waals surface area contributed by atoms with Crippen LogP contribution in [0.25, 0.3) is 0 Å². The highest BCUT2D eigenvalue weighted by atomic mass is 16.5. The molecule has 0 amide bonds. The lowest BCUT2D eigenvalue weighted by atomic mass is 9.90. The number of likely N-dealkylation sites (N-methyl/N-ethyl adjacent to an activating group) is 1. The predicted molar refractivity (Wildman–Crippen MR) is 67.3 cm³/mol. The van der Waals surface area contributed by atoms with Crippen LogP contribution in [0.5, 0.6) is 0 Å². The van der Waals surface area contributed by atoms with E-state index >= 15 is 0 Å². The van der Waals surface area contributed by atoms with Crippen molar-refractivity contribution in [2.75, 3.05) is 27.2 Å². The van der Waals surface area contributed by atoms with Gasteiger partial charge in [-0.2, -0.15) is 0 Å². The highest BCUT2D eigenvalue weighted by Crippen LogP contribution is 2.26. The molecule has 92 valence electrons. The van der Waals surface area contributed by atoms with E-state index < -0.39 is 0 Å². The topological polar surface area (TPSA) is 29.5 Å². The van der Waals surface area contributed by atoms with Gasteiger partial charge < -0.3 is 9.64 Å². The van der Waals surface area contributed by atoms with E-state index in [-0.39, 0.29) is 5.97 Å². The minimum atomic E-state index is -0.254. The summed E-state index contributed by atoms with van der Waals surface area (Å²) in [5.74, 6) is 0.286. The minimum Gasteiger partial charge on any atom is -0.465 e. The second-order valence-corrected chi connectivity index (χ2v) is 4.72. The number of esters is 1. The van der Waals surface area contributed by atoms with Crippen LogP contribution in [-0.4, -0.2) is 38.1 Å². The number of piperidine rings is 1. The molecule has 1 saturated heterocycles. The lowest BCUT2D eigenvalue weighted by Gasteiger charge is -2.30. The second kappa shape index (κ2) is 5.32. The first-order valence-electron chi connectivity index (χ1n) is 6.07. The summed E-state index contributed by atoms with van der Waals surface area (Å²) < 4.78 is 4.75. The van der Waals surface area contributed by atoms with Crippen LogP contribution in [0.4, 0.5) is 0 Å². The maximum Gasteiger partial charge on any atom is 0.337 e. The molecule has 0 bridgehead atoms. The van der Waals surface area contributed by atoms with Crippen LogP contribution in [0.15, 0.2) is 24.3 Å². The first-order valence-corrected chi connectivity index (χ1v) is 6.07. The molecule has 0 radical (unpaired) electrons. The lowest BCUT2D eigenvalue weighted by Crippen LogP contribution is -2.30. The van der Waals surface area contributed by atoms with Crippen molar-refractivity contribution in [3.05, 3.63) is 35.4 Å². The Morgan fingerprint density at radius 3 is 3.00 bits per heavy atom. The molecule has 3 nitrogen and oxygen atoms in total. The number of carbonyl (C=O) groups is 1.